The van der Waals surface area contributed by atoms with Gasteiger partial charge in [-0.05, 0) is 24.1 Å². The smallest absolute Gasteiger partial charge is 0.119 e. The number of benzene rings is 1. The lowest BCUT2D eigenvalue weighted by Gasteiger charge is -2.06. The fourth-order valence-electron chi connectivity index (χ4n) is 1.10. The van der Waals surface area contributed by atoms with E-state index in [2.05, 4.69) is 19.1 Å². The number of methoxy groups -OCH3 is 1. The first-order chi connectivity index (χ1) is 7.36. The second-order valence-electron chi connectivity index (χ2n) is 2.84. The molecule has 0 N–H and O–H groups in total. The SMILES string of the molecule is CC.CCc1cccc(OCCOC)c1. The molecular weight excluding hydrogens is 188 g/mol. The first-order valence-corrected chi connectivity index (χ1v) is 5.57. The molecular formula is C13H22O2. The van der Waals surface area contributed by atoms with Crippen molar-refractivity contribution >= 4 is 0 Å². The number of hydrogen-bond acceptors (Lipinski definition) is 2. The van der Waals surface area contributed by atoms with Gasteiger partial charge in [0, 0.05) is 7.11 Å². The second-order valence-corrected chi connectivity index (χ2v) is 2.84. The highest BCUT2D eigenvalue weighted by Gasteiger charge is 1.94. The first-order valence-electron chi connectivity index (χ1n) is 5.57. The van der Waals surface area contributed by atoms with Crippen LogP contribution in [0.3, 0.4) is 0 Å². The van der Waals surface area contributed by atoms with Crippen LogP contribution >= 0.6 is 0 Å². The van der Waals surface area contributed by atoms with Crippen LogP contribution in [0.4, 0.5) is 0 Å². The Kier molecular flexibility index (Phi) is 8.88. The Morgan fingerprint density at radius 2 is 1.87 bits per heavy atom. The summed E-state index contributed by atoms with van der Waals surface area (Å²) in [5.41, 5.74) is 1.30. The van der Waals surface area contributed by atoms with E-state index < -0.39 is 0 Å². The summed E-state index contributed by atoms with van der Waals surface area (Å²) in [5, 5.41) is 0. The standard InChI is InChI=1S/C11H16O2.C2H6/c1-3-10-5-4-6-11(9-10)13-8-7-12-2;1-2/h4-6,9H,3,7-8H2,1-2H3;1-2H3. The third-order valence-corrected chi connectivity index (χ3v) is 1.86. The van der Waals surface area contributed by atoms with E-state index in [0.29, 0.717) is 13.2 Å². The number of hydrogen-bond donors (Lipinski definition) is 0. The van der Waals surface area contributed by atoms with E-state index >= 15 is 0 Å². The molecule has 0 atom stereocenters. The molecule has 2 heteroatoms. The van der Waals surface area contributed by atoms with E-state index in [1.165, 1.54) is 5.56 Å². The maximum atomic E-state index is 5.46. The van der Waals surface area contributed by atoms with Crippen molar-refractivity contribution in [3.8, 4) is 5.75 Å². The van der Waals surface area contributed by atoms with Gasteiger partial charge in [-0.15, -0.1) is 0 Å². The van der Waals surface area contributed by atoms with Gasteiger partial charge in [0.2, 0.25) is 0 Å². The van der Waals surface area contributed by atoms with Crippen molar-refractivity contribution in [2.45, 2.75) is 27.2 Å². The molecule has 0 saturated carbocycles. The zero-order valence-electron chi connectivity index (χ0n) is 10.2. The van der Waals surface area contributed by atoms with Crippen LogP contribution in [0.1, 0.15) is 26.3 Å². The summed E-state index contributed by atoms with van der Waals surface area (Å²) in [6.45, 7) is 7.38. The normalized spacial score (nSPS) is 9.07. The molecule has 0 aliphatic rings. The van der Waals surface area contributed by atoms with Gasteiger partial charge >= 0.3 is 0 Å². The topological polar surface area (TPSA) is 18.5 Å². The number of aryl methyl sites for hydroxylation is 1. The van der Waals surface area contributed by atoms with Gasteiger partial charge in [-0.3, -0.25) is 0 Å². The van der Waals surface area contributed by atoms with Crippen LogP contribution in [-0.2, 0) is 11.2 Å². The van der Waals surface area contributed by atoms with Crippen molar-refractivity contribution in [3.63, 3.8) is 0 Å². The minimum atomic E-state index is 0.615. The van der Waals surface area contributed by atoms with Gasteiger partial charge in [-0.1, -0.05) is 32.9 Å². The fraction of sp³-hybridized carbons (Fsp3) is 0.538. The van der Waals surface area contributed by atoms with Crippen molar-refractivity contribution in [2.24, 2.45) is 0 Å². The predicted octanol–water partition coefficient (Wildman–Crippen LogP) is 3.30. The van der Waals surface area contributed by atoms with Crippen LogP contribution in [0.15, 0.2) is 24.3 Å². The minimum Gasteiger partial charge on any atom is -0.491 e. The molecule has 0 unspecified atom stereocenters. The lowest BCUT2D eigenvalue weighted by atomic mass is 10.2. The van der Waals surface area contributed by atoms with Gasteiger partial charge in [0.1, 0.15) is 12.4 Å². The summed E-state index contributed by atoms with van der Waals surface area (Å²) >= 11 is 0. The highest BCUT2D eigenvalue weighted by atomic mass is 16.5. The Morgan fingerprint density at radius 1 is 1.13 bits per heavy atom. The molecule has 1 rings (SSSR count). The molecule has 86 valence electrons. The number of rotatable bonds is 5. The van der Waals surface area contributed by atoms with Crippen LogP contribution < -0.4 is 4.74 Å². The minimum absolute atomic E-state index is 0.615. The fourth-order valence-corrected chi connectivity index (χ4v) is 1.10. The molecule has 0 spiro atoms. The maximum Gasteiger partial charge on any atom is 0.119 e. The van der Waals surface area contributed by atoms with Gasteiger partial charge in [-0.25, -0.2) is 0 Å². The van der Waals surface area contributed by atoms with Gasteiger partial charge in [-0.2, -0.15) is 0 Å². The van der Waals surface area contributed by atoms with Crippen molar-refractivity contribution in [3.05, 3.63) is 29.8 Å². The maximum absolute atomic E-state index is 5.46. The van der Waals surface area contributed by atoms with E-state index in [-0.39, 0.29) is 0 Å². The van der Waals surface area contributed by atoms with Crippen molar-refractivity contribution in [1.82, 2.24) is 0 Å². The molecule has 0 aliphatic heterocycles. The summed E-state index contributed by atoms with van der Waals surface area (Å²) < 4.78 is 10.4. The summed E-state index contributed by atoms with van der Waals surface area (Å²) in [7, 11) is 1.67. The Balaban J connectivity index is 0.000000921. The van der Waals surface area contributed by atoms with E-state index in [1.54, 1.807) is 7.11 Å². The largest absolute Gasteiger partial charge is 0.491 e. The Labute approximate surface area is 93.2 Å². The van der Waals surface area contributed by atoms with Crippen molar-refractivity contribution in [1.29, 1.82) is 0 Å². The van der Waals surface area contributed by atoms with E-state index in [1.807, 2.05) is 26.0 Å². The zero-order valence-corrected chi connectivity index (χ0v) is 10.2. The molecule has 0 aliphatic carbocycles. The molecule has 0 radical (unpaired) electrons. The third kappa shape index (κ3) is 6.13. The Morgan fingerprint density at radius 3 is 2.47 bits per heavy atom. The van der Waals surface area contributed by atoms with E-state index in [4.69, 9.17) is 9.47 Å². The van der Waals surface area contributed by atoms with Crippen molar-refractivity contribution < 1.29 is 9.47 Å². The van der Waals surface area contributed by atoms with Crippen molar-refractivity contribution in [2.75, 3.05) is 20.3 Å². The molecule has 1 aromatic rings. The molecule has 0 bridgehead atoms. The molecule has 0 heterocycles. The molecule has 0 fully saturated rings. The average Bonchev–Trinajstić information content (AvgIpc) is 2.32. The van der Waals surface area contributed by atoms with Gasteiger partial charge in [0.25, 0.3) is 0 Å². The molecule has 15 heavy (non-hydrogen) atoms. The highest BCUT2D eigenvalue weighted by molar-refractivity contribution is 5.28. The summed E-state index contributed by atoms with van der Waals surface area (Å²) in [5.74, 6) is 0.927. The van der Waals surface area contributed by atoms with Crippen LogP contribution in [0.5, 0.6) is 5.75 Å². The molecule has 1 aromatic carbocycles. The molecule has 0 aromatic heterocycles. The van der Waals surface area contributed by atoms with Crippen LogP contribution in [0.25, 0.3) is 0 Å². The molecule has 2 nitrogen and oxygen atoms in total. The van der Waals surface area contributed by atoms with Crippen LogP contribution in [0, 0.1) is 0 Å². The first kappa shape index (κ1) is 14.0. The number of ether oxygens (including phenoxy) is 2. The van der Waals surface area contributed by atoms with Crippen LogP contribution in [0.2, 0.25) is 0 Å². The zero-order chi connectivity index (χ0) is 11.5. The lowest BCUT2D eigenvalue weighted by molar-refractivity contribution is 0.146. The third-order valence-electron chi connectivity index (χ3n) is 1.86. The van der Waals surface area contributed by atoms with Gasteiger partial charge in [0.05, 0.1) is 6.61 Å². The summed E-state index contributed by atoms with van der Waals surface area (Å²) in [6, 6.07) is 8.15. The molecule has 0 saturated heterocycles. The van der Waals surface area contributed by atoms with Crippen LogP contribution in [-0.4, -0.2) is 20.3 Å². The van der Waals surface area contributed by atoms with Gasteiger partial charge < -0.3 is 9.47 Å². The Hall–Kier alpha value is -1.02. The van der Waals surface area contributed by atoms with E-state index in [9.17, 15) is 0 Å². The average molecular weight is 210 g/mol. The van der Waals surface area contributed by atoms with E-state index in [0.717, 1.165) is 12.2 Å². The monoisotopic (exact) mass is 210 g/mol. The summed E-state index contributed by atoms with van der Waals surface area (Å²) in [4.78, 5) is 0. The Bertz CT molecular complexity index is 246. The predicted molar refractivity (Wildman–Crippen MR) is 64.5 cm³/mol. The van der Waals surface area contributed by atoms with Gasteiger partial charge in [0.15, 0.2) is 0 Å². The quantitative estimate of drug-likeness (QED) is 0.694. The lowest BCUT2D eigenvalue weighted by Crippen LogP contribution is -2.04. The second kappa shape index (κ2) is 9.53. The summed E-state index contributed by atoms with van der Waals surface area (Å²) in [6.07, 6.45) is 1.04. The highest BCUT2D eigenvalue weighted by Crippen LogP contribution is 2.13. The molecule has 0 amide bonds.